The van der Waals surface area contributed by atoms with Crippen molar-refractivity contribution in [2.75, 3.05) is 13.2 Å². The van der Waals surface area contributed by atoms with Gasteiger partial charge < -0.3 is 14.2 Å². The highest BCUT2D eigenvalue weighted by Crippen LogP contribution is 2.14. The summed E-state index contributed by atoms with van der Waals surface area (Å²) in [6, 6.07) is 0. The second kappa shape index (κ2) is 54.9. The summed E-state index contributed by atoms with van der Waals surface area (Å²) >= 11 is 0. The van der Waals surface area contributed by atoms with E-state index in [4.69, 9.17) is 14.2 Å². The van der Waals surface area contributed by atoms with E-state index >= 15 is 0 Å². The third-order valence-corrected chi connectivity index (χ3v) is 11.6. The van der Waals surface area contributed by atoms with Gasteiger partial charge in [-0.3, -0.25) is 14.4 Å². The molecule has 0 amide bonds. The average Bonchev–Trinajstić information content (AvgIpc) is 3.33. The van der Waals surface area contributed by atoms with Gasteiger partial charge in [0.25, 0.3) is 0 Å². The summed E-state index contributed by atoms with van der Waals surface area (Å²) in [4.78, 5) is 38.1. The van der Waals surface area contributed by atoms with Gasteiger partial charge in [0.1, 0.15) is 13.2 Å². The molecule has 1 unspecified atom stereocenters. The summed E-state index contributed by atoms with van der Waals surface area (Å²) in [7, 11) is 0. The maximum absolute atomic E-state index is 12.8. The molecule has 0 saturated heterocycles. The van der Waals surface area contributed by atoms with Gasteiger partial charge in [0.15, 0.2) is 6.10 Å². The van der Waals surface area contributed by atoms with Gasteiger partial charge in [-0.2, -0.15) is 0 Å². The highest BCUT2D eigenvalue weighted by atomic mass is 16.6. The summed E-state index contributed by atoms with van der Waals surface area (Å²) < 4.78 is 16.8. The summed E-state index contributed by atoms with van der Waals surface area (Å²) in [6.45, 7) is 6.45. The molecular weight excluding hydrogens is 829 g/mol. The van der Waals surface area contributed by atoms with E-state index in [2.05, 4.69) is 118 Å². The van der Waals surface area contributed by atoms with Crippen LogP contribution in [-0.4, -0.2) is 37.2 Å². The van der Waals surface area contributed by atoms with Crippen LogP contribution in [-0.2, 0) is 28.6 Å². The van der Waals surface area contributed by atoms with Gasteiger partial charge >= 0.3 is 17.9 Å². The van der Waals surface area contributed by atoms with Gasteiger partial charge in [0, 0.05) is 19.3 Å². The van der Waals surface area contributed by atoms with E-state index in [1.165, 1.54) is 89.9 Å². The lowest BCUT2D eigenvalue weighted by molar-refractivity contribution is -0.167. The van der Waals surface area contributed by atoms with E-state index in [9.17, 15) is 14.4 Å². The summed E-state index contributed by atoms with van der Waals surface area (Å²) in [6.07, 6.45) is 72.5. The van der Waals surface area contributed by atoms with E-state index in [1.807, 2.05) is 0 Å². The number of ether oxygens (including phenoxy) is 3. The molecule has 6 heteroatoms. The van der Waals surface area contributed by atoms with Crippen LogP contribution in [0.2, 0.25) is 0 Å². The number of carbonyl (C=O) groups is 3. The van der Waals surface area contributed by atoms with E-state index in [-0.39, 0.29) is 31.1 Å². The first kappa shape index (κ1) is 63.3. The van der Waals surface area contributed by atoms with Crippen LogP contribution < -0.4 is 0 Å². The maximum atomic E-state index is 12.8. The second-order valence-corrected chi connectivity index (χ2v) is 18.1. The lowest BCUT2D eigenvalue weighted by Crippen LogP contribution is -2.30. The van der Waals surface area contributed by atoms with Crippen molar-refractivity contribution in [1.29, 1.82) is 0 Å². The number of hydrogen-bond acceptors (Lipinski definition) is 6. The Bertz CT molecular complexity index is 1350. The molecule has 0 spiro atoms. The fourth-order valence-electron chi connectivity index (χ4n) is 7.42. The summed E-state index contributed by atoms with van der Waals surface area (Å²) in [5.41, 5.74) is 0. The Hall–Kier alpha value is -3.67. The first-order chi connectivity index (χ1) is 33.0. The van der Waals surface area contributed by atoms with Crippen LogP contribution >= 0.6 is 0 Å². The predicted molar refractivity (Wildman–Crippen MR) is 288 cm³/mol. The molecule has 6 nitrogen and oxygen atoms in total. The molecule has 0 radical (unpaired) electrons. The number of unbranched alkanes of at least 4 members (excludes halogenated alkanes) is 22. The lowest BCUT2D eigenvalue weighted by atomic mass is 10.1. The van der Waals surface area contributed by atoms with Crippen molar-refractivity contribution < 1.29 is 28.6 Å². The smallest absolute Gasteiger partial charge is 0.306 e. The van der Waals surface area contributed by atoms with Crippen LogP contribution in [0, 0.1) is 0 Å². The quantitative estimate of drug-likeness (QED) is 0.0262. The summed E-state index contributed by atoms with van der Waals surface area (Å²) in [5.74, 6) is -0.939. The third kappa shape index (κ3) is 53.2. The molecule has 382 valence electrons. The van der Waals surface area contributed by atoms with E-state index in [0.717, 1.165) is 122 Å². The fraction of sp³-hybridized carbons (Fsp3) is 0.689. The number of esters is 3. The molecule has 0 N–H and O–H groups in total. The second-order valence-electron chi connectivity index (χ2n) is 18.1. The van der Waals surface area contributed by atoms with Crippen molar-refractivity contribution >= 4 is 17.9 Å². The van der Waals surface area contributed by atoms with Crippen LogP contribution in [0.5, 0.6) is 0 Å². The monoisotopic (exact) mass is 931 g/mol. The first-order valence-electron chi connectivity index (χ1n) is 27.7. The van der Waals surface area contributed by atoms with Crippen LogP contribution in [0.15, 0.2) is 97.2 Å². The van der Waals surface area contributed by atoms with Crippen LogP contribution in [0.25, 0.3) is 0 Å². The topological polar surface area (TPSA) is 78.9 Å². The van der Waals surface area contributed by atoms with Crippen LogP contribution in [0.1, 0.15) is 252 Å². The minimum absolute atomic E-state index is 0.0929. The molecule has 0 aromatic carbocycles. The largest absolute Gasteiger partial charge is 0.462 e. The lowest BCUT2D eigenvalue weighted by Gasteiger charge is -2.18. The van der Waals surface area contributed by atoms with Crippen molar-refractivity contribution in [1.82, 2.24) is 0 Å². The van der Waals surface area contributed by atoms with Gasteiger partial charge in [-0.25, -0.2) is 0 Å². The van der Waals surface area contributed by atoms with Gasteiger partial charge in [0.2, 0.25) is 0 Å². The highest BCUT2D eigenvalue weighted by molar-refractivity contribution is 5.71. The zero-order valence-corrected chi connectivity index (χ0v) is 43.6. The van der Waals surface area contributed by atoms with Crippen LogP contribution in [0.3, 0.4) is 0 Å². The third-order valence-electron chi connectivity index (χ3n) is 11.6. The summed E-state index contributed by atoms with van der Waals surface area (Å²) in [5, 5.41) is 0. The van der Waals surface area contributed by atoms with Crippen molar-refractivity contribution in [3.8, 4) is 0 Å². The first-order valence-corrected chi connectivity index (χ1v) is 27.7. The van der Waals surface area contributed by atoms with Crippen molar-refractivity contribution in [2.45, 2.75) is 258 Å². The zero-order valence-electron chi connectivity index (χ0n) is 43.6. The van der Waals surface area contributed by atoms with E-state index < -0.39 is 6.10 Å². The van der Waals surface area contributed by atoms with Gasteiger partial charge in [-0.05, 0) is 103 Å². The average molecular weight is 931 g/mol. The number of carbonyl (C=O) groups excluding carboxylic acids is 3. The Morgan fingerprint density at radius 1 is 0.313 bits per heavy atom. The molecule has 67 heavy (non-hydrogen) atoms. The van der Waals surface area contributed by atoms with Crippen LogP contribution in [0.4, 0.5) is 0 Å². The number of hydrogen-bond donors (Lipinski definition) is 0. The Kier molecular flexibility index (Phi) is 51.9. The molecule has 1 atom stereocenters. The SMILES string of the molecule is CC/C=C\C/C=C\C/C=C\C/C=C\C/C=C\CCCCCC(=O)OCC(COC(=O)CCCCCCCCCCCCC)OC(=O)CCCCCCCC/C=C\C/C=C\C/C=C\CCCCC. The normalized spacial score (nSPS) is 12.8. The van der Waals surface area contributed by atoms with Crippen molar-refractivity contribution in [3.05, 3.63) is 97.2 Å². The molecule has 0 heterocycles. The Morgan fingerprint density at radius 3 is 0.955 bits per heavy atom. The van der Waals surface area contributed by atoms with Gasteiger partial charge in [-0.1, -0.05) is 227 Å². The number of allylic oxidation sites excluding steroid dienone is 16. The zero-order chi connectivity index (χ0) is 48.6. The van der Waals surface area contributed by atoms with Crippen molar-refractivity contribution in [2.24, 2.45) is 0 Å². The Morgan fingerprint density at radius 2 is 0.582 bits per heavy atom. The predicted octanol–water partition coefficient (Wildman–Crippen LogP) is 18.5. The Labute approximate surface area is 413 Å². The molecule has 0 aromatic heterocycles. The molecule has 0 saturated carbocycles. The molecule has 0 aliphatic rings. The minimum Gasteiger partial charge on any atom is -0.462 e. The molecule has 0 aliphatic carbocycles. The molecule has 0 fully saturated rings. The molecule has 0 aromatic rings. The van der Waals surface area contributed by atoms with Crippen molar-refractivity contribution in [3.63, 3.8) is 0 Å². The standard InChI is InChI=1S/C61H102O6/c1-4-7-10-13-16-19-22-24-26-28-30-32-34-36-39-42-45-48-51-54-60(63)66-57-58(56-65-59(62)53-50-47-44-41-38-21-18-15-12-9-6-3)67-61(64)55-52-49-46-43-40-37-35-33-31-29-27-25-23-20-17-14-11-8-5-2/h7,10,16-17,19-20,24-27,30-33,36,39,58H,4-6,8-9,11-15,18,21-23,28-29,34-35,37-38,40-57H2,1-3H3/b10-7-,19-16-,20-17-,26-24-,27-25-,32-30-,33-31-,39-36-. The highest BCUT2D eigenvalue weighted by Gasteiger charge is 2.19. The fourth-order valence-corrected chi connectivity index (χ4v) is 7.42. The molecule has 0 rings (SSSR count). The minimum atomic E-state index is -0.797. The Balaban J connectivity index is 4.45. The van der Waals surface area contributed by atoms with E-state index in [0.29, 0.717) is 19.3 Å². The molecule has 0 bridgehead atoms. The maximum Gasteiger partial charge on any atom is 0.306 e. The number of rotatable bonds is 49. The van der Waals surface area contributed by atoms with Gasteiger partial charge in [-0.15, -0.1) is 0 Å². The molecular formula is C61H102O6. The van der Waals surface area contributed by atoms with Gasteiger partial charge in [0.05, 0.1) is 0 Å². The molecule has 0 aliphatic heterocycles. The van der Waals surface area contributed by atoms with E-state index in [1.54, 1.807) is 0 Å².